The highest BCUT2D eigenvalue weighted by Crippen LogP contribution is 2.24. The standard InChI is InChI=1S/C10H15BrN2/c1-2-3-9(12)7-4-5-8(11)10(13)6-7/h4-6,9H,2-3,12-13H2,1H3/t9-/m1/s1. The van der Waals surface area contributed by atoms with Gasteiger partial charge < -0.3 is 11.5 Å². The lowest BCUT2D eigenvalue weighted by atomic mass is 10.0. The second-order valence-corrected chi connectivity index (χ2v) is 4.03. The summed E-state index contributed by atoms with van der Waals surface area (Å²) in [7, 11) is 0. The quantitative estimate of drug-likeness (QED) is 0.802. The minimum absolute atomic E-state index is 0.111. The lowest BCUT2D eigenvalue weighted by Crippen LogP contribution is -2.09. The van der Waals surface area contributed by atoms with Gasteiger partial charge in [-0.15, -0.1) is 0 Å². The van der Waals surface area contributed by atoms with Crippen molar-refractivity contribution in [3.8, 4) is 0 Å². The topological polar surface area (TPSA) is 52.0 Å². The maximum atomic E-state index is 5.95. The summed E-state index contributed by atoms with van der Waals surface area (Å²) in [5, 5.41) is 0. The monoisotopic (exact) mass is 242 g/mol. The molecule has 0 aromatic heterocycles. The average Bonchev–Trinajstić information content (AvgIpc) is 2.10. The Labute approximate surface area is 87.4 Å². The van der Waals surface area contributed by atoms with E-state index in [-0.39, 0.29) is 6.04 Å². The van der Waals surface area contributed by atoms with Gasteiger partial charge in [-0.1, -0.05) is 19.4 Å². The SMILES string of the molecule is CCC[C@@H](N)c1ccc(Br)c(N)c1. The Morgan fingerprint density at radius 2 is 2.15 bits per heavy atom. The molecule has 0 aliphatic heterocycles. The zero-order chi connectivity index (χ0) is 9.84. The number of nitrogen functional groups attached to an aromatic ring is 1. The van der Waals surface area contributed by atoms with Crippen LogP contribution in [0.2, 0.25) is 0 Å². The van der Waals surface area contributed by atoms with E-state index in [9.17, 15) is 0 Å². The molecule has 0 saturated heterocycles. The zero-order valence-corrected chi connectivity index (χ0v) is 9.34. The Hall–Kier alpha value is -0.540. The van der Waals surface area contributed by atoms with Crippen LogP contribution in [-0.2, 0) is 0 Å². The summed E-state index contributed by atoms with van der Waals surface area (Å²) in [5.74, 6) is 0. The molecule has 1 atom stereocenters. The van der Waals surface area contributed by atoms with E-state index in [0.717, 1.165) is 28.6 Å². The molecule has 0 heterocycles. The molecule has 0 fully saturated rings. The zero-order valence-electron chi connectivity index (χ0n) is 7.76. The fraction of sp³-hybridized carbons (Fsp3) is 0.400. The van der Waals surface area contributed by atoms with Gasteiger partial charge in [-0.05, 0) is 40.0 Å². The van der Waals surface area contributed by atoms with Crippen molar-refractivity contribution in [1.82, 2.24) is 0 Å². The molecule has 4 N–H and O–H groups in total. The Morgan fingerprint density at radius 3 is 2.69 bits per heavy atom. The number of halogens is 1. The summed E-state index contributed by atoms with van der Waals surface area (Å²) >= 11 is 3.35. The van der Waals surface area contributed by atoms with E-state index in [0.29, 0.717) is 0 Å². The number of hydrogen-bond donors (Lipinski definition) is 2. The van der Waals surface area contributed by atoms with Gasteiger partial charge in [0, 0.05) is 16.2 Å². The summed E-state index contributed by atoms with van der Waals surface area (Å²) in [4.78, 5) is 0. The fourth-order valence-corrected chi connectivity index (χ4v) is 1.52. The predicted molar refractivity (Wildman–Crippen MR) is 60.4 cm³/mol. The highest BCUT2D eigenvalue weighted by molar-refractivity contribution is 9.10. The van der Waals surface area contributed by atoms with E-state index in [4.69, 9.17) is 11.5 Å². The molecular weight excluding hydrogens is 228 g/mol. The Bertz CT molecular complexity index is 286. The van der Waals surface area contributed by atoms with Gasteiger partial charge in [0.2, 0.25) is 0 Å². The first kappa shape index (κ1) is 10.5. The lowest BCUT2D eigenvalue weighted by molar-refractivity contribution is 0.638. The lowest BCUT2D eigenvalue weighted by Gasteiger charge is -2.11. The first-order valence-electron chi connectivity index (χ1n) is 4.45. The van der Waals surface area contributed by atoms with Crippen LogP contribution in [0.3, 0.4) is 0 Å². The molecule has 1 aromatic rings. The molecule has 1 aromatic carbocycles. The molecule has 0 unspecified atom stereocenters. The third kappa shape index (κ3) is 2.71. The van der Waals surface area contributed by atoms with Crippen molar-refractivity contribution in [2.24, 2.45) is 5.73 Å². The van der Waals surface area contributed by atoms with Gasteiger partial charge in [0.15, 0.2) is 0 Å². The molecule has 0 aliphatic rings. The molecule has 0 amide bonds. The van der Waals surface area contributed by atoms with Crippen LogP contribution in [0.25, 0.3) is 0 Å². The van der Waals surface area contributed by atoms with Crippen LogP contribution >= 0.6 is 15.9 Å². The summed E-state index contributed by atoms with van der Waals surface area (Å²) < 4.78 is 0.931. The molecule has 13 heavy (non-hydrogen) atoms. The molecule has 0 spiro atoms. The fourth-order valence-electron chi connectivity index (χ4n) is 1.27. The van der Waals surface area contributed by atoms with E-state index in [1.54, 1.807) is 0 Å². The van der Waals surface area contributed by atoms with Crippen molar-refractivity contribution in [1.29, 1.82) is 0 Å². The second-order valence-electron chi connectivity index (χ2n) is 3.18. The molecule has 72 valence electrons. The van der Waals surface area contributed by atoms with Crippen molar-refractivity contribution in [2.45, 2.75) is 25.8 Å². The summed E-state index contributed by atoms with van der Waals surface area (Å²) in [5.41, 5.74) is 13.6. The van der Waals surface area contributed by atoms with Crippen molar-refractivity contribution in [2.75, 3.05) is 5.73 Å². The van der Waals surface area contributed by atoms with Crippen LogP contribution in [0.5, 0.6) is 0 Å². The van der Waals surface area contributed by atoms with Gasteiger partial charge in [0.1, 0.15) is 0 Å². The van der Waals surface area contributed by atoms with Crippen LogP contribution in [0.1, 0.15) is 31.4 Å². The molecule has 2 nitrogen and oxygen atoms in total. The molecule has 1 rings (SSSR count). The van der Waals surface area contributed by atoms with Crippen LogP contribution < -0.4 is 11.5 Å². The Balaban J connectivity index is 2.84. The van der Waals surface area contributed by atoms with Crippen LogP contribution in [0.4, 0.5) is 5.69 Å². The minimum atomic E-state index is 0.111. The first-order chi connectivity index (χ1) is 6.15. The van der Waals surface area contributed by atoms with Crippen LogP contribution in [0.15, 0.2) is 22.7 Å². The number of anilines is 1. The van der Waals surface area contributed by atoms with Gasteiger partial charge in [-0.2, -0.15) is 0 Å². The normalized spacial score (nSPS) is 12.8. The molecule has 0 bridgehead atoms. The summed E-state index contributed by atoms with van der Waals surface area (Å²) in [6.45, 7) is 2.13. The predicted octanol–water partition coefficient (Wildman–Crippen LogP) is 2.83. The van der Waals surface area contributed by atoms with Gasteiger partial charge in [-0.25, -0.2) is 0 Å². The van der Waals surface area contributed by atoms with Gasteiger partial charge in [0.25, 0.3) is 0 Å². The number of rotatable bonds is 3. The molecule has 3 heteroatoms. The third-order valence-electron chi connectivity index (χ3n) is 2.05. The number of hydrogen-bond acceptors (Lipinski definition) is 2. The molecule has 0 saturated carbocycles. The molecule has 0 radical (unpaired) electrons. The van der Waals surface area contributed by atoms with E-state index in [1.807, 2.05) is 18.2 Å². The van der Waals surface area contributed by atoms with Crippen LogP contribution in [0, 0.1) is 0 Å². The molecule has 0 aliphatic carbocycles. The van der Waals surface area contributed by atoms with E-state index in [1.165, 1.54) is 0 Å². The minimum Gasteiger partial charge on any atom is -0.398 e. The Morgan fingerprint density at radius 1 is 1.46 bits per heavy atom. The smallest absolute Gasteiger partial charge is 0.0461 e. The summed E-state index contributed by atoms with van der Waals surface area (Å²) in [6, 6.07) is 6.01. The maximum absolute atomic E-state index is 5.95. The first-order valence-corrected chi connectivity index (χ1v) is 5.25. The van der Waals surface area contributed by atoms with E-state index >= 15 is 0 Å². The van der Waals surface area contributed by atoms with Crippen molar-refractivity contribution in [3.05, 3.63) is 28.2 Å². The highest BCUT2D eigenvalue weighted by Gasteiger charge is 2.05. The highest BCUT2D eigenvalue weighted by atomic mass is 79.9. The largest absolute Gasteiger partial charge is 0.398 e. The van der Waals surface area contributed by atoms with Crippen LogP contribution in [-0.4, -0.2) is 0 Å². The van der Waals surface area contributed by atoms with Gasteiger partial charge >= 0.3 is 0 Å². The van der Waals surface area contributed by atoms with Crippen molar-refractivity contribution < 1.29 is 0 Å². The number of nitrogens with two attached hydrogens (primary N) is 2. The van der Waals surface area contributed by atoms with Gasteiger partial charge in [0.05, 0.1) is 0 Å². The van der Waals surface area contributed by atoms with Crippen molar-refractivity contribution >= 4 is 21.6 Å². The van der Waals surface area contributed by atoms with Crippen molar-refractivity contribution in [3.63, 3.8) is 0 Å². The maximum Gasteiger partial charge on any atom is 0.0461 e. The average molecular weight is 243 g/mol. The summed E-state index contributed by atoms with van der Waals surface area (Å²) in [6.07, 6.45) is 2.10. The van der Waals surface area contributed by atoms with E-state index < -0.39 is 0 Å². The molecular formula is C10H15BrN2. The Kier molecular flexibility index (Phi) is 3.75. The third-order valence-corrected chi connectivity index (χ3v) is 2.77. The second kappa shape index (κ2) is 4.63. The van der Waals surface area contributed by atoms with Gasteiger partial charge in [-0.3, -0.25) is 0 Å². The van der Waals surface area contributed by atoms with E-state index in [2.05, 4.69) is 22.9 Å². The number of benzene rings is 1.